The van der Waals surface area contributed by atoms with Gasteiger partial charge in [-0.3, -0.25) is 14.1 Å². The topological polar surface area (TPSA) is 112 Å². The van der Waals surface area contributed by atoms with Gasteiger partial charge in [-0.05, 0) is 37.8 Å². The summed E-state index contributed by atoms with van der Waals surface area (Å²) in [6.45, 7) is 2.95. The summed E-state index contributed by atoms with van der Waals surface area (Å²) < 4.78 is 32.3. The van der Waals surface area contributed by atoms with Gasteiger partial charge in [-0.15, -0.1) is 0 Å². The van der Waals surface area contributed by atoms with E-state index in [0.717, 1.165) is 74.3 Å². The molecule has 4 aromatic heterocycles. The summed E-state index contributed by atoms with van der Waals surface area (Å²) in [4.78, 5) is 31.5. The summed E-state index contributed by atoms with van der Waals surface area (Å²) in [5, 5.41) is 6.77. The van der Waals surface area contributed by atoms with Crippen molar-refractivity contribution in [1.82, 2.24) is 34.6 Å². The molecule has 10 nitrogen and oxygen atoms in total. The van der Waals surface area contributed by atoms with Crippen molar-refractivity contribution in [1.29, 1.82) is 0 Å². The second-order valence-corrected chi connectivity index (χ2v) is 9.84. The van der Waals surface area contributed by atoms with Gasteiger partial charge in [0, 0.05) is 48.7 Å². The molecule has 0 spiro atoms. The molecule has 38 heavy (non-hydrogen) atoms. The van der Waals surface area contributed by atoms with Crippen LogP contribution in [0, 0.1) is 0 Å². The Bertz CT molecular complexity index is 1420. The minimum atomic E-state index is -2.62. The van der Waals surface area contributed by atoms with Crippen LogP contribution in [0.4, 0.5) is 14.6 Å². The molecule has 12 heteroatoms. The predicted octanol–water partition coefficient (Wildman–Crippen LogP) is 3.32. The van der Waals surface area contributed by atoms with Crippen LogP contribution in [-0.4, -0.2) is 86.5 Å². The van der Waals surface area contributed by atoms with Crippen LogP contribution < -0.4 is 10.6 Å². The summed E-state index contributed by atoms with van der Waals surface area (Å²) in [5.41, 5.74) is 3.13. The van der Waals surface area contributed by atoms with Gasteiger partial charge in [-0.25, -0.2) is 23.7 Å². The largest absolute Gasteiger partial charge is 0.379 e. The third kappa shape index (κ3) is 4.93. The maximum atomic E-state index is 12.6. The number of hydrogen-bond acceptors (Lipinski definition) is 7. The number of carbonyl (C=O) groups is 1. The number of anilines is 1. The number of amides is 1. The molecule has 2 fully saturated rings. The van der Waals surface area contributed by atoms with E-state index in [1.54, 1.807) is 23.0 Å². The van der Waals surface area contributed by atoms with E-state index in [2.05, 4.69) is 35.5 Å². The average Bonchev–Trinajstić information content (AvgIpc) is 3.57. The first kappa shape index (κ1) is 24.7. The molecular formula is C26H30F2N8O2. The molecule has 2 aliphatic rings. The van der Waals surface area contributed by atoms with E-state index >= 15 is 0 Å². The van der Waals surface area contributed by atoms with Gasteiger partial charge in [-0.2, -0.15) is 0 Å². The van der Waals surface area contributed by atoms with Gasteiger partial charge in [0.1, 0.15) is 29.1 Å². The number of aromatic amines is 1. The van der Waals surface area contributed by atoms with Gasteiger partial charge in [0.25, 0.3) is 12.3 Å². The number of H-pyrrole nitrogens is 1. The standard InChI is InChI=1S/C26H30F2N8O2/c27-21(28)13-31-26(37)20-12-29-22-6-1-16(14-36(20)22)19-11-30-24-23(19)25(33-15-32-24)34-17-2-4-18(5-3-17)35-7-9-38-10-8-35/h1,6,11-12,14-15,17-18,21H,2-5,7-10,13H2,(H,31,37)(H2,30,32,33,34). The third-order valence-corrected chi connectivity index (χ3v) is 7.54. The van der Waals surface area contributed by atoms with Crippen LogP contribution >= 0.6 is 0 Å². The fourth-order valence-electron chi connectivity index (χ4n) is 5.59. The zero-order valence-electron chi connectivity index (χ0n) is 20.9. The van der Waals surface area contributed by atoms with E-state index in [0.29, 0.717) is 23.4 Å². The third-order valence-electron chi connectivity index (χ3n) is 7.54. The Kier molecular flexibility index (Phi) is 6.90. The molecule has 0 atom stereocenters. The van der Waals surface area contributed by atoms with Crippen molar-refractivity contribution in [3.8, 4) is 11.1 Å². The Hall–Kier alpha value is -3.64. The van der Waals surface area contributed by atoms with Crippen LogP contribution in [0.15, 0.2) is 37.1 Å². The Morgan fingerprint density at radius 3 is 2.74 bits per heavy atom. The van der Waals surface area contributed by atoms with Crippen molar-refractivity contribution in [3.63, 3.8) is 0 Å². The minimum Gasteiger partial charge on any atom is -0.379 e. The fourth-order valence-corrected chi connectivity index (χ4v) is 5.59. The molecule has 4 aromatic rings. The molecule has 0 radical (unpaired) electrons. The van der Waals surface area contributed by atoms with Crippen LogP contribution in [-0.2, 0) is 4.74 Å². The number of imidazole rings is 1. The summed E-state index contributed by atoms with van der Waals surface area (Å²) in [7, 11) is 0. The van der Waals surface area contributed by atoms with Crippen molar-refractivity contribution in [3.05, 3.63) is 42.7 Å². The van der Waals surface area contributed by atoms with Crippen LogP contribution in [0.2, 0.25) is 0 Å². The fraction of sp³-hybridized carbons (Fsp3) is 0.462. The van der Waals surface area contributed by atoms with Crippen molar-refractivity contribution < 1.29 is 18.3 Å². The molecule has 3 N–H and O–H groups in total. The van der Waals surface area contributed by atoms with Gasteiger partial charge in [-0.1, -0.05) is 0 Å². The van der Waals surface area contributed by atoms with E-state index in [4.69, 9.17) is 4.74 Å². The van der Waals surface area contributed by atoms with E-state index in [1.807, 2.05) is 12.3 Å². The Morgan fingerprint density at radius 1 is 1.13 bits per heavy atom. The highest BCUT2D eigenvalue weighted by Gasteiger charge is 2.28. The van der Waals surface area contributed by atoms with E-state index in [9.17, 15) is 13.6 Å². The first-order valence-electron chi connectivity index (χ1n) is 13.0. The van der Waals surface area contributed by atoms with Crippen molar-refractivity contribution in [2.75, 3.05) is 38.2 Å². The lowest BCUT2D eigenvalue weighted by Gasteiger charge is -2.39. The maximum absolute atomic E-state index is 12.6. The first-order valence-corrected chi connectivity index (χ1v) is 13.0. The Balaban J connectivity index is 1.24. The van der Waals surface area contributed by atoms with E-state index in [-0.39, 0.29) is 5.69 Å². The summed E-state index contributed by atoms with van der Waals surface area (Å²) in [5.74, 6) is 0.161. The number of rotatable bonds is 7. The Morgan fingerprint density at radius 2 is 1.95 bits per heavy atom. The zero-order chi connectivity index (χ0) is 26.1. The Labute approximate surface area is 217 Å². The molecule has 1 aliphatic carbocycles. The molecule has 0 bridgehead atoms. The molecule has 0 aromatic carbocycles. The molecule has 6 rings (SSSR count). The number of halogens is 2. The molecule has 1 aliphatic heterocycles. The zero-order valence-corrected chi connectivity index (χ0v) is 20.9. The summed E-state index contributed by atoms with van der Waals surface area (Å²) in [6, 6.07) is 4.63. The van der Waals surface area contributed by atoms with E-state index in [1.165, 1.54) is 6.20 Å². The number of ether oxygens (including phenoxy) is 1. The number of hydrogen-bond donors (Lipinski definition) is 3. The maximum Gasteiger partial charge on any atom is 0.270 e. The highest BCUT2D eigenvalue weighted by atomic mass is 19.3. The van der Waals surface area contributed by atoms with Crippen LogP contribution in [0.1, 0.15) is 36.2 Å². The number of carbonyl (C=O) groups excluding carboxylic acids is 1. The molecule has 0 unspecified atom stereocenters. The van der Waals surface area contributed by atoms with Gasteiger partial charge in [0.05, 0.1) is 31.3 Å². The van der Waals surface area contributed by atoms with Gasteiger partial charge < -0.3 is 20.4 Å². The smallest absolute Gasteiger partial charge is 0.270 e. The van der Waals surface area contributed by atoms with Crippen LogP contribution in [0.5, 0.6) is 0 Å². The number of nitrogens with zero attached hydrogens (tertiary/aromatic N) is 5. The number of morpholine rings is 1. The lowest BCUT2D eigenvalue weighted by atomic mass is 9.90. The second kappa shape index (κ2) is 10.6. The van der Waals surface area contributed by atoms with Crippen molar-refractivity contribution in [2.45, 2.75) is 44.2 Å². The van der Waals surface area contributed by atoms with Gasteiger partial charge in [0.2, 0.25) is 0 Å². The number of aromatic nitrogens is 5. The predicted molar refractivity (Wildman–Crippen MR) is 138 cm³/mol. The second-order valence-electron chi connectivity index (χ2n) is 9.84. The molecular weight excluding hydrogens is 494 g/mol. The van der Waals surface area contributed by atoms with Crippen molar-refractivity contribution >= 4 is 28.4 Å². The highest BCUT2D eigenvalue weighted by Crippen LogP contribution is 2.34. The number of fused-ring (bicyclic) bond motifs is 2. The first-order chi connectivity index (χ1) is 18.6. The number of nitrogens with one attached hydrogen (secondary N) is 3. The number of alkyl halides is 2. The SMILES string of the molecule is O=C(NCC(F)F)c1cnc2ccc(-c3c[nH]c4ncnc(NC5CCC(N6CCOCC6)CC5)c34)cn12. The van der Waals surface area contributed by atoms with E-state index < -0.39 is 18.9 Å². The van der Waals surface area contributed by atoms with Crippen LogP contribution in [0.3, 0.4) is 0 Å². The summed E-state index contributed by atoms with van der Waals surface area (Å²) in [6.07, 6.45) is 8.37. The van der Waals surface area contributed by atoms with Gasteiger partial charge in [0.15, 0.2) is 0 Å². The normalized spacial score (nSPS) is 20.8. The monoisotopic (exact) mass is 524 g/mol. The number of pyridine rings is 1. The quantitative estimate of drug-likeness (QED) is 0.340. The molecule has 1 saturated heterocycles. The van der Waals surface area contributed by atoms with Crippen LogP contribution in [0.25, 0.3) is 27.8 Å². The average molecular weight is 525 g/mol. The van der Waals surface area contributed by atoms with Gasteiger partial charge >= 0.3 is 0 Å². The lowest BCUT2D eigenvalue weighted by molar-refractivity contribution is 0.00791. The highest BCUT2D eigenvalue weighted by molar-refractivity contribution is 6.01. The van der Waals surface area contributed by atoms with Crippen molar-refractivity contribution in [2.24, 2.45) is 0 Å². The molecule has 1 amide bonds. The summed E-state index contributed by atoms with van der Waals surface area (Å²) >= 11 is 0. The molecule has 200 valence electrons. The lowest BCUT2D eigenvalue weighted by Crippen LogP contribution is -2.46. The minimum absolute atomic E-state index is 0.189. The molecule has 5 heterocycles. The molecule has 1 saturated carbocycles.